The zero-order valence-electron chi connectivity index (χ0n) is 19.5. The molecule has 0 aromatic rings. The molecule has 0 amide bonds. The lowest BCUT2D eigenvalue weighted by Gasteiger charge is -2.50. The average Bonchev–Trinajstić information content (AvgIpc) is 2.65. The van der Waals surface area contributed by atoms with E-state index in [-0.39, 0.29) is 12.8 Å². The summed E-state index contributed by atoms with van der Waals surface area (Å²) in [5, 5.41) is 32.7. The fourth-order valence-electron chi connectivity index (χ4n) is 5.82. The van der Waals surface area contributed by atoms with E-state index in [0.29, 0.717) is 23.1 Å². The Labute approximate surface area is 188 Å². The number of hydrogen-bond donors (Lipinski definition) is 3. The van der Waals surface area contributed by atoms with Gasteiger partial charge in [-0.3, -0.25) is 14.4 Å². The largest absolute Gasteiger partial charge is 0.458 e. The van der Waals surface area contributed by atoms with Crippen molar-refractivity contribution in [1.29, 1.82) is 0 Å². The van der Waals surface area contributed by atoms with Crippen LogP contribution < -0.4 is 0 Å². The quantitative estimate of drug-likeness (QED) is 0.427. The van der Waals surface area contributed by atoms with Crippen LogP contribution in [0.15, 0.2) is 22.8 Å². The van der Waals surface area contributed by atoms with Crippen LogP contribution in [0.4, 0.5) is 0 Å². The molecule has 0 radical (unpaired) electrons. The highest BCUT2D eigenvalue weighted by Crippen LogP contribution is 2.52. The van der Waals surface area contributed by atoms with Crippen molar-refractivity contribution in [2.45, 2.75) is 91.3 Å². The van der Waals surface area contributed by atoms with Gasteiger partial charge < -0.3 is 24.8 Å². The van der Waals surface area contributed by atoms with Gasteiger partial charge in [0.15, 0.2) is 5.78 Å². The van der Waals surface area contributed by atoms with E-state index in [4.69, 9.17) is 9.47 Å². The highest BCUT2D eigenvalue weighted by molar-refractivity contribution is 5.92. The van der Waals surface area contributed by atoms with E-state index in [2.05, 4.69) is 0 Å². The van der Waals surface area contributed by atoms with Crippen LogP contribution in [0.25, 0.3) is 0 Å². The minimum Gasteiger partial charge on any atom is -0.458 e. The van der Waals surface area contributed by atoms with Crippen molar-refractivity contribution in [3.05, 3.63) is 22.8 Å². The second-order valence-electron chi connectivity index (χ2n) is 10.2. The normalized spacial score (nSPS) is 40.8. The third-order valence-corrected chi connectivity index (χ3v) is 7.65. The molecular formula is C24H34O8. The third kappa shape index (κ3) is 4.04. The van der Waals surface area contributed by atoms with Gasteiger partial charge in [0.05, 0.1) is 17.6 Å². The molecule has 3 rings (SSSR count). The summed E-state index contributed by atoms with van der Waals surface area (Å²) in [7, 11) is 0. The van der Waals surface area contributed by atoms with E-state index in [0.717, 1.165) is 0 Å². The van der Waals surface area contributed by atoms with Crippen molar-refractivity contribution in [2.24, 2.45) is 16.7 Å². The molecule has 0 heterocycles. The maximum atomic E-state index is 13.6. The van der Waals surface area contributed by atoms with Crippen LogP contribution in [0.5, 0.6) is 0 Å². The van der Waals surface area contributed by atoms with Crippen LogP contribution in [0.3, 0.4) is 0 Å². The summed E-state index contributed by atoms with van der Waals surface area (Å²) in [4.78, 5) is 37.4. The first-order valence-corrected chi connectivity index (χ1v) is 11.0. The van der Waals surface area contributed by atoms with Gasteiger partial charge in [0, 0.05) is 26.2 Å². The zero-order chi connectivity index (χ0) is 24.2. The maximum absolute atomic E-state index is 13.6. The first kappa shape index (κ1) is 24.6. The van der Waals surface area contributed by atoms with Gasteiger partial charge in [0.25, 0.3) is 0 Å². The molecule has 0 aromatic carbocycles. The van der Waals surface area contributed by atoms with E-state index in [1.54, 1.807) is 19.9 Å². The summed E-state index contributed by atoms with van der Waals surface area (Å²) < 4.78 is 11.2. The van der Waals surface area contributed by atoms with Crippen molar-refractivity contribution in [3.8, 4) is 0 Å². The lowest BCUT2D eigenvalue weighted by Crippen LogP contribution is -2.55. The second-order valence-corrected chi connectivity index (χ2v) is 10.2. The third-order valence-electron chi connectivity index (χ3n) is 7.65. The Morgan fingerprint density at radius 1 is 1.03 bits per heavy atom. The van der Waals surface area contributed by atoms with Crippen molar-refractivity contribution in [1.82, 2.24) is 0 Å². The van der Waals surface area contributed by atoms with Gasteiger partial charge >= 0.3 is 11.9 Å². The first-order chi connectivity index (χ1) is 14.7. The zero-order valence-corrected chi connectivity index (χ0v) is 19.5. The van der Waals surface area contributed by atoms with E-state index in [1.165, 1.54) is 13.8 Å². The molecular weight excluding hydrogens is 416 g/mol. The molecule has 0 aromatic heterocycles. The Morgan fingerprint density at radius 3 is 2.19 bits per heavy atom. The Bertz CT molecular complexity index is 884. The molecule has 0 spiro atoms. The van der Waals surface area contributed by atoms with Crippen molar-refractivity contribution in [3.63, 3.8) is 0 Å². The molecule has 1 saturated carbocycles. The SMILES string of the molecule is CC(=O)O[C@H]1C[C@H]2[C@@H](OC(C)=O)/C=C3\C[C@](C)(C(=O)[C@H](O)C(=C1C)C2(C)C)[C@@H](O)C[C@@H]3O. The highest BCUT2D eigenvalue weighted by Gasteiger charge is 2.55. The summed E-state index contributed by atoms with van der Waals surface area (Å²) in [6.07, 6.45) is -3.22. The Hall–Kier alpha value is -2.03. The summed E-state index contributed by atoms with van der Waals surface area (Å²) >= 11 is 0. The van der Waals surface area contributed by atoms with Crippen LogP contribution in [0, 0.1) is 16.7 Å². The van der Waals surface area contributed by atoms with E-state index in [1.807, 2.05) is 13.8 Å². The maximum Gasteiger partial charge on any atom is 0.303 e. The minimum absolute atomic E-state index is 0.0375. The van der Waals surface area contributed by atoms with Gasteiger partial charge in [-0.2, -0.15) is 0 Å². The smallest absolute Gasteiger partial charge is 0.303 e. The van der Waals surface area contributed by atoms with Crippen molar-refractivity contribution >= 4 is 17.7 Å². The molecule has 4 bridgehead atoms. The summed E-state index contributed by atoms with van der Waals surface area (Å²) in [5.74, 6) is -2.00. The molecule has 32 heavy (non-hydrogen) atoms. The second kappa shape index (κ2) is 8.39. The number of rotatable bonds is 2. The number of esters is 2. The Morgan fingerprint density at radius 2 is 1.62 bits per heavy atom. The number of aliphatic hydroxyl groups excluding tert-OH is 3. The topological polar surface area (TPSA) is 130 Å². The van der Waals surface area contributed by atoms with E-state index < -0.39 is 65.0 Å². The molecule has 0 aliphatic heterocycles. The lowest BCUT2D eigenvalue weighted by atomic mass is 9.57. The lowest BCUT2D eigenvalue weighted by molar-refractivity contribution is -0.156. The number of Topliss-reactive ketones (excluding diaryl/α,β-unsaturated/α-hetero) is 1. The van der Waals surface area contributed by atoms with E-state index in [9.17, 15) is 29.7 Å². The summed E-state index contributed by atoms with van der Waals surface area (Å²) in [5.41, 5.74) is -0.666. The molecule has 0 unspecified atom stereocenters. The Balaban J connectivity index is 2.29. The summed E-state index contributed by atoms with van der Waals surface area (Å²) in [6.45, 7) is 9.61. The van der Waals surface area contributed by atoms with Gasteiger partial charge in [-0.25, -0.2) is 0 Å². The fraction of sp³-hybridized carbons (Fsp3) is 0.708. The predicted octanol–water partition coefficient (Wildman–Crippen LogP) is 1.60. The number of hydrogen-bond acceptors (Lipinski definition) is 8. The summed E-state index contributed by atoms with van der Waals surface area (Å²) in [6, 6.07) is 0. The molecule has 178 valence electrons. The average molecular weight is 451 g/mol. The molecule has 3 aliphatic carbocycles. The van der Waals surface area contributed by atoms with Crippen molar-refractivity contribution < 1.29 is 39.2 Å². The molecule has 1 fully saturated rings. The van der Waals surface area contributed by atoms with Gasteiger partial charge in [0.2, 0.25) is 0 Å². The first-order valence-electron chi connectivity index (χ1n) is 11.0. The number of ketones is 1. The van der Waals surface area contributed by atoms with Gasteiger partial charge in [0.1, 0.15) is 18.3 Å². The molecule has 3 aliphatic rings. The molecule has 8 nitrogen and oxygen atoms in total. The number of fused-ring (bicyclic) bond motifs is 4. The van der Waals surface area contributed by atoms with Crippen LogP contribution >= 0.6 is 0 Å². The van der Waals surface area contributed by atoms with Crippen LogP contribution in [-0.2, 0) is 23.9 Å². The minimum atomic E-state index is -1.54. The number of ether oxygens (including phenoxy) is 2. The fourth-order valence-corrected chi connectivity index (χ4v) is 5.82. The molecule has 0 saturated heterocycles. The molecule has 3 N–H and O–H groups in total. The standard InChI is InChI=1S/C24H34O8/c1-11-17(31-12(2)25)8-15-18(32-13(3)26)7-14-10-24(6,19(28)9-16(14)27)22(30)21(29)20(11)23(15,4)5/h7,15-19,21,27-29H,8-10H2,1-6H3/b14-7+/t15-,16-,17-,18-,19-,21+,24-/m0/s1. The van der Waals surface area contributed by atoms with Gasteiger partial charge in [-0.15, -0.1) is 0 Å². The molecule has 8 heteroatoms. The highest BCUT2D eigenvalue weighted by atomic mass is 16.5. The van der Waals surface area contributed by atoms with Crippen LogP contribution in [0.2, 0.25) is 0 Å². The monoisotopic (exact) mass is 450 g/mol. The predicted molar refractivity (Wildman–Crippen MR) is 114 cm³/mol. The van der Waals surface area contributed by atoms with Gasteiger partial charge in [-0.05, 0) is 54.9 Å². The number of carbonyl (C=O) groups is 3. The van der Waals surface area contributed by atoms with Gasteiger partial charge in [-0.1, -0.05) is 13.8 Å². The van der Waals surface area contributed by atoms with E-state index >= 15 is 0 Å². The van der Waals surface area contributed by atoms with Crippen molar-refractivity contribution in [2.75, 3.05) is 0 Å². The molecule has 7 atom stereocenters. The number of carbonyl (C=O) groups excluding carboxylic acids is 3. The Kier molecular flexibility index (Phi) is 6.45. The van der Waals surface area contributed by atoms with Crippen LogP contribution in [0.1, 0.15) is 60.8 Å². The number of aliphatic hydroxyl groups is 3. The van der Waals surface area contributed by atoms with Crippen LogP contribution in [-0.4, -0.2) is 63.6 Å².